The van der Waals surface area contributed by atoms with Crippen LogP contribution >= 0.6 is 0 Å². The molecule has 1 atom stereocenters. The molecule has 0 bridgehead atoms. The summed E-state index contributed by atoms with van der Waals surface area (Å²) in [7, 11) is 0. The Kier molecular flexibility index (Phi) is 4.28. The molecule has 134 valence electrons. The largest absolute Gasteiger partial charge is 0.340 e. The first kappa shape index (κ1) is 16.5. The first-order valence-electron chi connectivity index (χ1n) is 8.72. The monoisotopic (exact) mass is 354 g/mol. The zero-order valence-electron chi connectivity index (χ0n) is 14.2. The van der Waals surface area contributed by atoms with Crippen LogP contribution in [0, 0.1) is 5.82 Å². The maximum atomic E-state index is 13.4. The van der Waals surface area contributed by atoms with Gasteiger partial charge in [-0.15, -0.1) is 0 Å². The van der Waals surface area contributed by atoms with Crippen molar-refractivity contribution in [1.82, 2.24) is 19.4 Å². The summed E-state index contributed by atoms with van der Waals surface area (Å²) in [5.74, 6) is 0.364. The highest BCUT2D eigenvalue weighted by molar-refractivity contribution is 5.78. The van der Waals surface area contributed by atoms with Crippen molar-refractivity contribution in [2.45, 2.75) is 31.8 Å². The van der Waals surface area contributed by atoms with E-state index >= 15 is 0 Å². The van der Waals surface area contributed by atoms with Gasteiger partial charge < -0.3 is 14.5 Å². The zero-order chi connectivity index (χ0) is 18.1. The Bertz CT molecular complexity index is 1010. The summed E-state index contributed by atoms with van der Waals surface area (Å²) in [6, 6.07) is 9.23. The van der Waals surface area contributed by atoms with Crippen LogP contribution in [-0.4, -0.2) is 31.9 Å². The molecule has 0 saturated carbocycles. The molecule has 3 heterocycles. The van der Waals surface area contributed by atoms with Gasteiger partial charge >= 0.3 is 0 Å². The van der Waals surface area contributed by atoms with Crippen molar-refractivity contribution in [3.63, 3.8) is 0 Å². The number of carbonyl (C=O) groups is 1. The number of nitrogens with zero attached hydrogens (tertiary/aromatic N) is 3. The molecular formula is C19H19FN4O2. The van der Waals surface area contributed by atoms with Gasteiger partial charge in [-0.2, -0.15) is 0 Å². The number of nitrogens with one attached hydrogen (secondary N) is 1. The van der Waals surface area contributed by atoms with Crippen molar-refractivity contribution in [1.29, 1.82) is 0 Å². The summed E-state index contributed by atoms with van der Waals surface area (Å²) in [6.45, 7) is 1.02. The molecule has 7 heteroatoms. The molecule has 1 N–H and O–H groups in total. The van der Waals surface area contributed by atoms with E-state index in [1.165, 1.54) is 22.8 Å². The molecule has 3 aromatic rings. The van der Waals surface area contributed by atoms with Gasteiger partial charge in [-0.1, -0.05) is 6.07 Å². The summed E-state index contributed by atoms with van der Waals surface area (Å²) >= 11 is 0. The molecule has 0 spiro atoms. The van der Waals surface area contributed by atoms with Crippen molar-refractivity contribution in [3.05, 3.63) is 64.6 Å². The number of halogens is 1. The fourth-order valence-electron chi connectivity index (χ4n) is 3.51. The lowest BCUT2D eigenvalue weighted by Crippen LogP contribution is -2.32. The van der Waals surface area contributed by atoms with Gasteiger partial charge in [0.1, 0.15) is 11.6 Å². The van der Waals surface area contributed by atoms with E-state index < -0.39 is 0 Å². The number of aromatic nitrogens is 3. The van der Waals surface area contributed by atoms with Crippen molar-refractivity contribution >= 4 is 16.9 Å². The van der Waals surface area contributed by atoms with Crippen LogP contribution in [0.4, 0.5) is 4.39 Å². The average Bonchev–Trinajstić information content (AvgIpc) is 3.26. The van der Waals surface area contributed by atoms with E-state index in [4.69, 9.17) is 0 Å². The number of aromatic amines is 1. The number of aryl methyl sites for hydroxylation is 1. The minimum Gasteiger partial charge on any atom is -0.340 e. The fourth-order valence-corrected chi connectivity index (χ4v) is 3.51. The second-order valence-corrected chi connectivity index (χ2v) is 6.51. The summed E-state index contributed by atoms with van der Waals surface area (Å²) in [5, 5.41) is 0. The Morgan fingerprint density at radius 1 is 1.31 bits per heavy atom. The SMILES string of the molecule is O=C(CCn1ccccc1=O)N1CCC[C@H]1c1nc2ccc(F)cc2[nH]1. The summed E-state index contributed by atoms with van der Waals surface area (Å²) < 4.78 is 14.9. The average molecular weight is 354 g/mol. The lowest BCUT2D eigenvalue weighted by Gasteiger charge is -2.23. The van der Waals surface area contributed by atoms with E-state index in [0.717, 1.165) is 12.8 Å². The molecule has 1 saturated heterocycles. The number of imidazole rings is 1. The third-order valence-corrected chi connectivity index (χ3v) is 4.82. The Morgan fingerprint density at radius 2 is 2.19 bits per heavy atom. The number of rotatable bonds is 4. The van der Waals surface area contributed by atoms with Gasteiger partial charge in [0.25, 0.3) is 5.56 Å². The molecule has 1 aliphatic heterocycles. The number of hydrogen-bond donors (Lipinski definition) is 1. The minimum absolute atomic E-state index is 0.00473. The Hall–Kier alpha value is -2.96. The van der Waals surface area contributed by atoms with Gasteiger partial charge in [-0.3, -0.25) is 9.59 Å². The van der Waals surface area contributed by atoms with Crippen LogP contribution in [0.5, 0.6) is 0 Å². The number of benzene rings is 1. The van der Waals surface area contributed by atoms with Crippen LogP contribution in [0.2, 0.25) is 0 Å². The van der Waals surface area contributed by atoms with E-state index in [-0.39, 0.29) is 29.7 Å². The van der Waals surface area contributed by atoms with E-state index in [1.807, 2.05) is 4.90 Å². The lowest BCUT2D eigenvalue weighted by atomic mass is 10.2. The summed E-state index contributed by atoms with van der Waals surface area (Å²) in [6.07, 6.45) is 3.66. The van der Waals surface area contributed by atoms with Crippen LogP contribution in [0.1, 0.15) is 31.1 Å². The highest BCUT2D eigenvalue weighted by Crippen LogP contribution is 2.32. The third-order valence-electron chi connectivity index (χ3n) is 4.82. The molecule has 1 fully saturated rings. The maximum absolute atomic E-state index is 13.4. The van der Waals surface area contributed by atoms with E-state index in [1.54, 1.807) is 24.4 Å². The van der Waals surface area contributed by atoms with E-state index in [0.29, 0.717) is 29.9 Å². The molecule has 1 aromatic carbocycles. The van der Waals surface area contributed by atoms with Crippen molar-refractivity contribution < 1.29 is 9.18 Å². The second-order valence-electron chi connectivity index (χ2n) is 6.51. The second kappa shape index (κ2) is 6.74. The molecule has 0 unspecified atom stereocenters. The number of likely N-dealkylation sites (tertiary alicyclic amines) is 1. The number of carbonyl (C=O) groups excluding carboxylic acids is 1. The highest BCUT2D eigenvalue weighted by Gasteiger charge is 2.31. The van der Waals surface area contributed by atoms with Crippen LogP contribution in [0.3, 0.4) is 0 Å². The quantitative estimate of drug-likeness (QED) is 0.783. The standard InChI is InChI=1S/C19H19FN4O2/c20-13-6-7-14-15(12-13)22-19(21-14)16-4-3-10-24(16)18(26)8-11-23-9-2-1-5-17(23)25/h1-2,5-7,9,12,16H,3-4,8,10-11H2,(H,21,22)/t16-/m0/s1. The van der Waals surface area contributed by atoms with Gasteiger partial charge in [0, 0.05) is 31.8 Å². The lowest BCUT2D eigenvalue weighted by molar-refractivity contribution is -0.132. The van der Waals surface area contributed by atoms with Gasteiger partial charge in [-0.05, 0) is 37.1 Å². The summed E-state index contributed by atoms with van der Waals surface area (Å²) in [5.41, 5.74) is 1.21. The number of hydrogen-bond acceptors (Lipinski definition) is 3. The van der Waals surface area contributed by atoms with Gasteiger partial charge in [0.15, 0.2) is 0 Å². The Morgan fingerprint density at radius 3 is 3.04 bits per heavy atom. The predicted molar refractivity (Wildman–Crippen MR) is 95.1 cm³/mol. The van der Waals surface area contributed by atoms with E-state index in [2.05, 4.69) is 9.97 Å². The first-order valence-corrected chi connectivity index (χ1v) is 8.72. The fraction of sp³-hybridized carbons (Fsp3) is 0.316. The number of pyridine rings is 1. The van der Waals surface area contributed by atoms with E-state index in [9.17, 15) is 14.0 Å². The normalized spacial score (nSPS) is 17.1. The van der Waals surface area contributed by atoms with Crippen LogP contribution in [-0.2, 0) is 11.3 Å². The number of fused-ring (bicyclic) bond motifs is 1. The molecule has 26 heavy (non-hydrogen) atoms. The smallest absolute Gasteiger partial charge is 0.250 e. The summed E-state index contributed by atoms with van der Waals surface area (Å²) in [4.78, 5) is 33.9. The molecular weight excluding hydrogens is 335 g/mol. The molecule has 4 rings (SSSR count). The molecule has 1 amide bonds. The van der Waals surface area contributed by atoms with Crippen molar-refractivity contribution in [3.8, 4) is 0 Å². The van der Waals surface area contributed by atoms with Crippen LogP contribution in [0.25, 0.3) is 11.0 Å². The predicted octanol–water partition coefficient (Wildman–Crippen LogP) is 2.62. The van der Waals surface area contributed by atoms with Crippen molar-refractivity contribution in [2.24, 2.45) is 0 Å². The highest BCUT2D eigenvalue weighted by atomic mass is 19.1. The Balaban J connectivity index is 1.51. The van der Waals surface area contributed by atoms with Crippen LogP contribution < -0.4 is 5.56 Å². The Labute approximate surface area is 149 Å². The molecule has 0 radical (unpaired) electrons. The minimum atomic E-state index is -0.319. The van der Waals surface area contributed by atoms with Gasteiger partial charge in [0.05, 0.1) is 17.1 Å². The molecule has 1 aliphatic rings. The van der Waals surface area contributed by atoms with Crippen molar-refractivity contribution in [2.75, 3.05) is 6.54 Å². The molecule has 2 aromatic heterocycles. The van der Waals surface area contributed by atoms with Crippen LogP contribution in [0.15, 0.2) is 47.4 Å². The number of H-pyrrole nitrogens is 1. The topological polar surface area (TPSA) is 71.0 Å². The molecule has 6 nitrogen and oxygen atoms in total. The molecule has 0 aliphatic carbocycles. The first-order chi connectivity index (χ1) is 12.6. The zero-order valence-corrected chi connectivity index (χ0v) is 14.2. The number of amides is 1. The maximum Gasteiger partial charge on any atom is 0.250 e. The van der Waals surface area contributed by atoms with Gasteiger partial charge in [0.2, 0.25) is 5.91 Å². The van der Waals surface area contributed by atoms with Gasteiger partial charge in [-0.25, -0.2) is 9.37 Å². The third kappa shape index (κ3) is 3.12.